The van der Waals surface area contributed by atoms with E-state index >= 15 is 0 Å². The Morgan fingerprint density at radius 1 is 1.62 bits per heavy atom. The number of hydrogen-bond acceptors (Lipinski definition) is 5. The van der Waals surface area contributed by atoms with Crippen LogP contribution in [-0.2, 0) is 11.2 Å². The van der Waals surface area contributed by atoms with Gasteiger partial charge in [-0.05, 0) is 6.42 Å². The first-order valence-electron chi connectivity index (χ1n) is 5.58. The molecule has 0 aliphatic carbocycles. The Morgan fingerprint density at radius 3 is 3.25 bits per heavy atom. The molecule has 4 nitrogen and oxygen atoms in total. The highest BCUT2D eigenvalue weighted by Gasteiger charge is 2.25. The van der Waals surface area contributed by atoms with Crippen LogP contribution in [-0.4, -0.2) is 41.0 Å². The number of halogens is 1. The van der Waals surface area contributed by atoms with Crippen LogP contribution in [0.15, 0.2) is 0 Å². The van der Waals surface area contributed by atoms with Gasteiger partial charge < -0.3 is 9.64 Å². The summed E-state index contributed by atoms with van der Waals surface area (Å²) < 4.78 is 9.76. The van der Waals surface area contributed by atoms with Crippen molar-refractivity contribution in [3.05, 3.63) is 5.82 Å². The van der Waals surface area contributed by atoms with Crippen LogP contribution in [0.4, 0.5) is 5.13 Å². The second-order valence-electron chi connectivity index (χ2n) is 3.82. The molecule has 0 aromatic carbocycles. The van der Waals surface area contributed by atoms with E-state index in [1.807, 2.05) is 0 Å². The van der Waals surface area contributed by atoms with Crippen molar-refractivity contribution in [2.45, 2.75) is 25.8 Å². The van der Waals surface area contributed by atoms with Crippen LogP contribution in [0.3, 0.4) is 0 Å². The van der Waals surface area contributed by atoms with Gasteiger partial charge in [-0.15, -0.1) is 11.6 Å². The normalized spacial score (nSPS) is 21.4. The molecule has 1 saturated heterocycles. The van der Waals surface area contributed by atoms with Crippen molar-refractivity contribution >= 4 is 28.3 Å². The van der Waals surface area contributed by atoms with E-state index in [0.717, 1.165) is 36.9 Å². The molecule has 1 atom stereocenters. The lowest BCUT2D eigenvalue weighted by molar-refractivity contribution is 0.0997. The minimum Gasteiger partial charge on any atom is -0.377 e. The van der Waals surface area contributed by atoms with Crippen LogP contribution >= 0.6 is 23.1 Å². The number of rotatable bonds is 4. The first kappa shape index (κ1) is 12.1. The van der Waals surface area contributed by atoms with E-state index in [-0.39, 0.29) is 6.04 Å². The lowest BCUT2D eigenvalue weighted by atomic mass is 10.3. The molecular weight excluding hydrogens is 246 g/mol. The first-order chi connectivity index (χ1) is 7.85. The van der Waals surface area contributed by atoms with Gasteiger partial charge >= 0.3 is 0 Å². The Bertz CT molecular complexity index is 334. The molecule has 6 heteroatoms. The highest BCUT2D eigenvalue weighted by molar-refractivity contribution is 7.09. The predicted molar refractivity (Wildman–Crippen MR) is 66.6 cm³/mol. The van der Waals surface area contributed by atoms with Crippen molar-refractivity contribution < 1.29 is 4.74 Å². The Morgan fingerprint density at radius 2 is 2.50 bits per heavy atom. The number of morpholine rings is 1. The number of aryl methyl sites for hydroxylation is 1. The average molecular weight is 262 g/mol. The van der Waals surface area contributed by atoms with E-state index < -0.39 is 0 Å². The second kappa shape index (κ2) is 5.80. The minimum absolute atomic E-state index is 0.234. The molecule has 16 heavy (non-hydrogen) atoms. The van der Waals surface area contributed by atoms with Crippen molar-refractivity contribution in [3.63, 3.8) is 0 Å². The summed E-state index contributed by atoms with van der Waals surface area (Å²) >= 11 is 7.39. The van der Waals surface area contributed by atoms with Crippen molar-refractivity contribution in [3.8, 4) is 0 Å². The lowest BCUT2D eigenvalue weighted by Gasteiger charge is -2.33. The zero-order valence-electron chi connectivity index (χ0n) is 9.36. The van der Waals surface area contributed by atoms with E-state index in [9.17, 15) is 0 Å². The maximum atomic E-state index is 5.93. The van der Waals surface area contributed by atoms with Crippen molar-refractivity contribution in [1.29, 1.82) is 0 Å². The Balaban J connectivity index is 2.08. The lowest BCUT2D eigenvalue weighted by Crippen LogP contribution is -2.46. The standard InChI is InChI=1S/C10H16ClN3OS/c1-2-3-9-12-10(16-13-9)14-4-5-15-7-8(14)6-11/h8H,2-7H2,1H3. The number of ether oxygens (including phenoxy) is 1. The molecule has 1 aromatic rings. The summed E-state index contributed by atoms with van der Waals surface area (Å²) in [6, 6.07) is 0.234. The summed E-state index contributed by atoms with van der Waals surface area (Å²) in [7, 11) is 0. The molecular formula is C10H16ClN3OS. The smallest absolute Gasteiger partial charge is 0.205 e. The maximum Gasteiger partial charge on any atom is 0.205 e. The molecule has 2 heterocycles. The largest absolute Gasteiger partial charge is 0.377 e. The van der Waals surface area contributed by atoms with Gasteiger partial charge in [-0.3, -0.25) is 0 Å². The highest BCUT2D eigenvalue weighted by atomic mass is 35.5. The second-order valence-corrected chi connectivity index (χ2v) is 4.86. The predicted octanol–water partition coefficient (Wildman–Crippen LogP) is 1.93. The molecule has 0 radical (unpaired) electrons. The first-order valence-corrected chi connectivity index (χ1v) is 6.89. The van der Waals surface area contributed by atoms with Gasteiger partial charge in [0.2, 0.25) is 5.13 Å². The number of aromatic nitrogens is 2. The molecule has 1 aromatic heterocycles. The summed E-state index contributed by atoms with van der Waals surface area (Å²) in [6.07, 6.45) is 2.03. The van der Waals surface area contributed by atoms with Crippen LogP contribution in [0.25, 0.3) is 0 Å². The van der Waals surface area contributed by atoms with Crippen LogP contribution in [0.5, 0.6) is 0 Å². The van der Waals surface area contributed by atoms with E-state index in [1.54, 1.807) is 0 Å². The molecule has 0 bridgehead atoms. The zero-order chi connectivity index (χ0) is 11.4. The summed E-state index contributed by atoms with van der Waals surface area (Å²) in [5.74, 6) is 1.52. The molecule has 0 saturated carbocycles. The highest BCUT2D eigenvalue weighted by Crippen LogP contribution is 2.22. The third-order valence-corrected chi connectivity index (χ3v) is 3.73. The van der Waals surface area contributed by atoms with Gasteiger partial charge in [0.05, 0.1) is 19.3 Å². The summed E-state index contributed by atoms with van der Waals surface area (Å²) in [5.41, 5.74) is 0. The number of hydrogen-bond donors (Lipinski definition) is 0. The summed E-state index contributed by atoms with van der Waals surface area (Å²) in [5, 5.41) is 0.984. The Kier molecular flexibility index (Phi) is 4.37. The van der Waals surface area contributed by atoms with E-state index in [2.05, 4.69) is 21.2 Å². The Hall–Kier alpha value is -0.390. The molecule has 0 amide bonds. The third kappa shape index (κ3) is 2.64. The molecule has 90 valence electrons. The molecule has 0 N–H and O–H groups in total. The van der Waals surface area contributed by atoms with Crippen LogP contribution in [0.2, 0.25) is 0 Å². The van der Waals surface area contributed by atoms with Crippen LogP contribution < -0.4 is 4.90 Å². The third-order valence-electron chi connectivity index (χ3n) is 2.58. The number of nitrogens with zero attached hydrogens (tertiary/aromatic N) is 3. The van der Waals surface area contributed by atoms with Gasteiger partial charge in [0.25, 0.3) is 0 Å². The molecule has 2 rings (SSSR count). The molecule has 0 spiro atoms. The van der Waals surface area contributed by atoms with Gasteiger partial charge in [-0.2, -0.15) is 4.37 Å². The van der Waals surface area contributed by atoms with Gasteiger partial charge in [-0.25, -0.2) is 4.98 Å². The monoisotopic (exact) mass is 261 g/mol. The quantitative estimate of drug-likeness (QED) is 0.777. The summed E-state index contributed by atoms with van der Waals surface area (Å²) in [6.45, 7) is 4.43. The number of anilines is 1. The van der Waals surface area contributed by atoms with Crippen molar-refractivity contribution in [2.24, 2.45) is 0 Å². The van der Waals surface area contributed by atoms with E-state index in [1.165, 1.54) is 11.5 Å². The SMILES string of the molecule is CCCc1nsc(N2CCOCC2CCl)n1. The maximum absolute atomic E-state index is 5.93. The fourth-order valence-electron chi connectivity index (χ4n) is 1.72. The van der Waals surface area contributed by atoms with Gasteiger partial charge in [-0.1, -0.05) is 6.92 Å². The van der Waals surface area contributed by atoms with E-state index in [4.69, 9.17) is 16.3 Å². The van der Waals surface area contributed by atoms with Gasteiger partial charge in [0.15, 0.2) is 0 Å². The van der Waals surface area contributed by atoms with Crippen LogP contribution in [0, 0.1) is 0 Å². The Labute approximate surface area is 105 Å². The average Bonchev–Trinajstić information content (AvgIpc) is 2.78. The molecule has 1 aliphatic rings. The fraction of sp³-hybridized carbons (Fsp3) is 0.800. The fourth-order valence-corrected chi connectivity index (χ4v) is 2.79. The topological polar surface area (TPSA) is 38.2 Å². The summed E-state index contributed by atoms with van der Waals surface area (Å²) in [4.78, 5) is 6.76. The van der Waals surface area contributed by atoms with Crippen molar-refractivity contribution in [1.82, 2.24) is 9.36 Å². The van der Waals surface area contributed by atoms with Gasteiger partial charge in [0.1, 0.15) is 5.82 Å². The van der Waals surface area contributed by atoms with Gasteiger partial charge in [0, 0.05) is 30.4 Å². The van der Waals surface area contributed by atoms with Crippen LogP contribution in [0.1, 0.15) is 19.2 Å². The molecule has 1 aliphatic heterocycles. The molecule has 1 fully saturated rings. The zero-order valence-corrected chi connectivity index (χ0v) is 10.9. The minimum atomic E-state index is 0.234. The van der Waals surface area contributed by atoms with E-state index in [0.29, 0.717) is 12.5 Å². The number of alkyl halides is 1. The van der Waals surface area contributed by atoms with Crippen molar-refractivity contribution in [2.75, 3.05) is 30.5 Å². The molecule has 1 unspecified atom stereocenters.